The lowest BCUT2D eigenvalue weighted by Gasteiger charge is -2.07. The van der Waals surface area contributed by atoms with Crippen molar-refractivity contribution in [2.24, 2.45) is 5.73 Å². The van der Waals surface area contributed by atoms with E-state index in [1.54, 1.807) is 12.1 Å². The number of nitrogens with two attached hydrogens (primary N) is 1. The average Bonchev–Trinajstić information content (AvgIpc) is 2.38. The van der Waals surface area contributed by atoms with E-state index in [0.717, 1.165) is 23.8 Å². The highest BCUT2D eigenvalue weighted by atomic mass is 32.2. The Hall–Kier alpha value is -1.85. The number of rotatable bonds is 5. The van der Waals surface area contributed by atoms with Crippen LogP contribution >= 0.6 is 0 Å². The molecule has 0 saturated carbocycles. The Bertz CT molecular complexity index is 679. The van der Waals surface area contributed by atoms with Gasteiger partial charge >= 0.3 is 0 Å². The van der Waals surface area contributed by atoms with Crippen LogP contribution in [0.25, 0.3) is 11.1 Å². The van der Waals surface area contributed by atoms with Gasteiger partial charge in [0.15, 0.2) is 0 Å². The summed E-state index contributed by atoms with van der Waals surface area (Å²) in [6.45, 7) is 0.626. The Morgan fingerprint density at radius 2 is 1.75 bits per heavy atom. The first-order valence-corrected chi connectivity index (χ1v) is 8.24. The first kappa shape index (κ1) is 14.6. The van der Waals surface area contributed by atoms with Gasteiger partial charge in [-0.05, 0) is 41.8 Å². The zero-order valence-electron chi connectivity index (χ0n) is 11.3. The van der Waals surface area contributed by atoms with Crippen molar-refractivity contribution in [1.82, 2.24) is 0 Å². The third-order valence-corrected chi connectivity index (χ3v) is 3.49. The predicted octanol–water partition coefficient (Wildman–Crippen LogP) is 2.23. The van der Waals surface area contributed by atoms with Crippen LogP contribution in [0.4, 0.5) is 5.69 Å². The Morgan fingerprint density at radius 1 is 1.05 bits per heavy atom. The van der Waals surface area contributed by atoms with E-state index in [-0.39, 0.29) is 0 Å². The first-order valence-electron chi connectivity index (χ1n) is 6.35. The third-order valence-electron chi connectivity index (χ3n) is 2.88. The summed E-state index contributed by atoms with van der Waals surface area (Å²) >= 11 is 0. The summed E-state index contributed by atoms with van der Waals surface area (Å²) in [7, 11) is -3.23. The van der Waals surface area contributed by atoms with Crippen molar-refractivity contribution < 1.29 is 8.42 Å². The number of nitrogens with one attached hydrogen (secondary N) is 1. The van der Waals surface area contributed by atoms with Gasteiger partial charge < -0.3 is 5.73 Å². The van der Waals surface area contributed by atoms with E-state index < -0.39 is 10.0 Å². The largest absolute Gasteiger partial charge is 0.330 e. The molecule has 2 rings (SSSR count). The maximum Gasteiger partial charge on any atom is 0.229 e. The molecule has 0 amide bonds. The van der Waals surface area contributed by atoms with Crippen molar-refractivity contribution in [1.29, 1.82) is 0 Å². The molecular weight excluding hydrogens is 272 g/mol. The summed E-state index contributed by atoms with van der Waals surface area (Å²) < 4.78 is 24.7. The van der Waals surface area contributed by atoms with Crippen LogP contribution in [0, 0.1) is 0 Å². The van der Waals surface area contributed by atoms with Crippen molar-refractivity contribution in [3.8, 4) is 11.1 Å². The molecule has 0 bridgehead atoms. The normalized spacial score (nSPS) is 11.3. The number of hydrogen-bond donors (Lipinski definition) is 2. The van der Waals surface area contributed by atoms with Crippen LogP contribution in [0.1, 0.15) is 5.56 Å². The molecule has 2 aromatic rings. The summed E-state index contributed by atoms with van der Waals surface area (Å²) in [5.74, 6) is 0. The second kappa shape index (κ2) is 6.07. The maximum absolute atomic E-state index is 11.1. The molecule has 0 aromatic heterocycles. The van der Waals surface area contributed by atoms with Crippen LogP contribution in [0.15, 0.2) is 48.5 Å². The fraction of sp³-hybridized carbons (Fsp3) is 0.200. The Labute approximate surface area is 119 Å². The van der Waals surface area contributed by atoms with E-state index in [9.17, 15) is 8.42 Å². The minimum Gasteiger partial charge on any atom is -0.330 e. The van der Waals surface area contributed by atoms with E-state index in [1.807, 2.05) is 24.3 Å². The van der Waals surface area contributed by atoms with E-state index >= 15 is 0 Å². The quantitative estimate of drug-likeness (QED) is 0.887. The molecule has 0 saturated heterocycles. The van der Waals surface area contributed by atoms with Crippen molar-refractivity contribution in [3.63, 3.8) is 0 Å². The highest BCUT2D eigenvalue weighted by Crippen LogP contribution is 2.22. The highest BCUT2D eigenvalue weighted by Gasteiger charge is 2.03. The minimum absolute atomic E-state index is 0.564. The molecule has 0 fully saturated rings. The van der Waals surface area contributed by atoms with Crippen LogP contribution in [0.3, 0.4) is 0 Å². The fourth-order valence-corrected chi connectivity index (χ4v) is 2.58. The zero-order valence-corrected chi connectivity index (χ0v) is 12.2. The lowest BCUT2D eigenvalue weighted by molar-refractivity contribution is 0.607. The van der Waals surface area contributed by atoms with Gasteiger partial charge in [0.05, 0.1) is 6.26 Å². The first-order chi connectivity index (χ1) is 9.48. The van der Waals surface area contributed by atoms with Gasteiger partial charge in [-0.3, -0.25) is 4.72 Å². The van der Waals surface area contributed by atoms with Gasteiger partial charge in [0.1, 0.15) is 0 Å². The Morgan fingerprint density at radius 3 is 2.35 bits per heavy atom. The van der Waals surface area contributed by atoms with E-state index in [1.165, 1.54) is 5.56 Å². The molecule has 0 spiro atoms. The van der Waals surface area contributed by atoms with E-state index in [2.05, 4.69) is 16.9 Å². The lowest BCUT2D eigenvalue weighted by Crippen LogP contribution is -2.09. The number of anilines is 1. The molecule has 4 nitrogen and oxygen atoms in total. The van der Waals surface area contributed by atoms with Crippen molar-refractivity contribution in [2.45, 2.75) is 6.42 Å². The highest BCUT2D eigenvalue weighted by molar-refractivity contribution is 7.92. The SMILES string of the molecule is CS(=O)(=O)Nc1ccc(-c2cccc(CCN)c2)cc1. The number of hydrogen-bond acceptors (Lipinski definition) is 3. The van der Waals surface area contributed by atoms with Crippen LogP contribution in [-0.2, 0) is 16.4 Å². The van der Waals surface area contributed by atoms with Crippen LogP contribution in [-0.4, -0.2) is 21.2 Å². The molecule has 0 heterocycles. The molecule has 2 aromatic carbocycles. The molecule has 0 aliphatic rings. The number of sulfonamides is 1. The third kappa shape index (κ3) is 4.08. The van der Waals surface area contributed by atoms with E-state index in [4.69, 9.17) is 5.73 Å². The van der Waals surface area contributed by atoms with Crippen LogP contribution in [0.2, 0.25) is 0 Å². The van der Waals surface area contributed by atoms with Gasteiger partial charge in [-0.15, -0.1) is 0 Å². The van der Waals surface area contributed by atoms with Gasteiger partial charge in [0, 0.05) is 5.69 Å². The summed E-state index contributed by atoms with van der Waals surface area (Å²) in [4.78, 5) is 0. The molecule has 0 aliphatic heterocycles. The molecule has 20 heavy (non-hydrogen) atoms. The monoisotopic (exact) mass is 290 g/mol. The van der Waals surface area contributed by atoms with Gasteiger partial charge in [0.2, 0.25) is 10.0 Å². The van der Waals surface area contributed by atoms with Gasteiger partial charge in [-0.2, -0.15) is 0 Å². The van der Waals surface area contributed by atoms with Gasteiger partial charge in [0.25, 0.3) is 0 Å². The molecule has 5 heteroatoms. The second-order valence-corrected chi connectivity index (χ2v) is 6.44. The molecule has 106 valence electrons. The van der Waals surface area contributed by atoms with Crippen molar-refractivity contribution >= 4 is 15.7 Å². The molecular formula is C15H18N2O2S. The summed E-state index contributed by atoms with van der Waals surface area (Å²) in [5, 5.41) is 0. The molecule has 0 radical (unpaired) electrons. The standard InChI is InChI=1S/C15H18N2O2S/c1-20(18,19)17-15-7-5-13(6-8-15)14-4-2-3-12(11-14)9-10-16/h2-8,11,17H,9-10,16H2,1H3. The summed E-state index contributed by atoms with van der Waals surface area (Å²) in [6.07, 6.45) is 1.98. The maximum atomic E-state index is 11.1. The number of benzene rings is 2. The Kier molecular flexibility index (Phi) is 4.42. The Balaban J connectivity index is 2.23. The van der Waals surface area contributed by atoms with E-state index in [0.29, 0.717) is 12.2 Å². The average molecular weight is 290 g/mol. The predicted molar refractivity (Wildman–Crippen MR) is 83.1 cm³/mol. The second-order valence-electron chi connectivity index (χ2n) is 4.69. The summed E-state index contributed by atoms with van der Waals surface area (Å²) in [6, 6.07) is 15.5. The van der Waals surface area contributed by atoms with Crippen LogP contribution in [0.5, 0.6) is 0 Å². The van der Waals surface area contributed by atoms with Crippen molar-refractivity contribution in [3.05, 3.63) is 54.1 Å². The zero-order chi connectivity index (χ0) is 14.6. The molecule has 3 N–H and O–H groups in total. The minimum atomic E-state index is -3.23. The van der Waals surface area contributed by atoms with Gasteiger partial charge in [-0.1, -0.05) is 36.4 Å². The fourth-order valence-electron chi connectivity index (χ4n) is 2.02. The topological polar surface area (TPSA) is 72.2 Å². The molecule has 0 aliphatic carbocycles. The lowest BCUT2D eigenvalue weighted by atomic mass is 10.0. The van der Waals surface area contributed by atoms with Crippen molar-refractivity contribution in [2.75, 3.05) is 17.5 Å². The molecule has 0 atom stereocenters. The smallest absolute Gasteiger partial charge is 0.229 e. The molecule has 0 unspecified atom stereocenters. The van der Waals surface area contributed by atoms with Gasteiger partial charge in [-0.25, -0.2) is 8.42 Å². The summed E-state index contributed by atoms with van der Waals surface area (Å²) in [5.41, 5.74) is 9.47. The van der Waals surface area contributed by atoms with Crippen LogP contribution < -0.4 is 10.5 Å².